The van der Waals surface area contributed by atoms with Crippen molar-refractivity contribution in [2.24, 2.45) is 11.8 Å². The van der Waals surface area contributed by atoms with E-state index < -0.39 is 17.9 Å². The van der Waals surface area contributed by atoms with Gasteiger partial charge in [0, 0.05) is 29.2 Å². The number of fused-ring (bicyclic) bond motifs is 1. The summed E-state index contributed by atoms with van der Waals surface area (Å²) in [5, 5.41) is 14.5. The van der Waals surface area contributed by atoms with Crippen LogP contribution < -0.4 is 19.5 Å². The minimum Gasteiger partial charge on any atom is -0.493 e. The number of nitrogens with zero attached hydrogens (tertiary/aromatic N) is 1. The summed E-state index contributed by atoms with van der Waals surface area (Å²) in [6.45, 7) is 11.3. The SMILES string of the molecule is CCc1cc(Cl)cc(CC)c1NC(=O)CN1C[C@H](c2cc3c(cc2C)OCO3)[C@@H](C(=O)O)[C@@H]1c1ccc(OCC(C)C)cc1. The van der Waals surface area contributed by atoms with Crippen LogP contribution >= 0.6 is 11.6 Å². The van der Waals surface area contributed by atoms with Gasteiger partial charge >= 0.3 is 5.97 Å². The number of carbonyl (C=O) groups is 2. The maximum absolute atomic E-state index is 13.7. The monoisotopic (exact) mass is 620 g/mol. The summed E-state index contributed by atoms with van der Waals surface area (Å²) >= 11 is 6.35. The first kappa shape index (κ1) is 31.7. The molecule has 1 fully saturated rings. The van der Waals surface area contributed by atoms with Crippen molar-refractivity contribution in [2.75, 3.05) is 31.8 Å². The lowest BCUT2D eigenvalue weighted by molar-refractivity contribution is -0.143. The van der Waals surface area contributed by atoms with Crippen LogP contribution in [0, 0.1) is 18.8 Å². The third-order valence-corrected chi connectivity index (χ3v) is 8.71. The van der Waals surface area contributed by atoms with E-state index in [4.69, 9.17) is 25.8 Å². The van der Waals surface area contributed by atoms with Crippen molar-refractivity contribution in [2.45, 2.75) is 59.4 Å². The fourth-order valence-corrected chi connectivity index (χ4v) is 6.66. The van der Waals surface area contributed by atoms with Crippen LogP contribution in [0.15, 0.2) is 48.5 Å². The number of rotatable bonds is 11. The van der Waals surface area contributed by atoms with Crippen LogP contribution in [0.2, 0.25) is 5.02 Å². The van der Waals surface area contributed by atoms with Gasteiger partial charge in [0.1, 0.15) is 5.75 Å². The van der Waals surface area contributed by atoms with E-state index in [-0.39, 0.29) is 25.2 Å². The number of carboxylic acids is 1. The van der Waals surface area contributed by atoms with Gasteiger partial charge in [-0.05, 0) is 89.9 Å². The van der Waals surface area contributed by atoms with Gasteiger partial charge in [0.25, 0.3) is 0 Å². The molecule has 44 heavy (non-hydrogen) atoms. The first-order valence-corrected chi connectivity index (χ1v) is 15.7. The van der Waals surface area contributed by atoms with Gasteiger partial charge < -0.3 is 24.6 Å². The lowest BCUT2D eigenvalue weighted by atomic mass is 9.81. The van der Waals surface area contributed by atoms with Crippen LogP contribution in [-0.2, 0) is 22.4 Å². The van der Waals surface area contributed by atoms with Gasteiger partial charge in [-0.15, -0.1) is 0 Å². The quantitative estimate of drug-likeness (QED) is 0.238. The van der Waals surface area contributed by atoms with E-state index in [1.54, 1.807) is 0 Å². The van der Waals surface area contributed by atoms with Crippen LogP contribution in [0.25, 0.3) is 0 Å². The lowest BCUT2D eigenvalue weighted by Gasteiger charge is -2.27. The zero-order valence-corrected chi connectivity index (χ0v) is 26.7. The summed E-state index contributed by atoms with van der Waals surface area (Å²) in [5.74, 6) is 0.0507. The van der Waals surface area contributed by atoms with E-state index in [0.717, 1.165) is 39.3 Å². The molecule has 0 unspecified atom stereocenters. The fourth-order valence-electron chi connectivity index (χ4n) is 6.40. The van der Waals surface area contributed by atoms with Crippen molar-refractivity contribution in [3.05, 3.63) is 81.4 Å². The Morgan fingerprint density at radius 1 is 1.05 bits per heavy atom. The predicted molar refractivity (Wildman–Crippen MR) is 171 cm³/mol. The third-order valence-electron chi connectivity index (χ3n) is 8.49. The summed E-state index contributed by atoms with van der Waals surface area (Å²) in [5.41, 5.74) is 5.34. The topological polar surface area (TPSA) is 97.3 Å². The summed E-state index contributed by atoms with van der Waals surface area (Å²) in [6, 6.07) is 14.6. The van der Waals surface area contributed by atoms with Crippen LogP contribution in [-0.4, -0.2) is 48.4 Å². The van der Waals surface area contributed by atoms with Gasteiger partial charge in [-0.3, -0.25) is 14.5 Å². The summed E-state index contributed by atoms with van der Waals surface area (Å²) in [4.78, 5) is 28.8. The Balaban J connectivity index is 1.50. The standard InChI is InChI=1S/C35H41ClN2O6/c1-6-22-13-25(36)14-23(7-2)33(22)37-31(39)17-38-16-28(27-15-30-29(12-21(27)5)43-19-44-30)32(35(40)41)34(38)24-8-10-26(11-9-24)42-18-20(3)4/h8-15,20,28,32,34H,6-7,16-19H2,1-5H3,(H,37,39)(H,40,41)/t28-,32-,34+/m1/s1. The Morgan fingerprint density at radius 3 is 2.27 bits per heavy atom. The van der Waals surface area contributed by atoms with Crippen LogP contribution in [0.5, 0.6) is 17.2 Å². The summed E-state index contributed by atoms with van der Waals surface area (Å²) in [6.07, 6.45) is 1.43. The molecule has 2 aliphatic heterocycles. The van der Waals surface area contributed by atoms with Gasteiger partial charge in [-0.1, -0.05) is 51.4 Å². The minimum atomic E-state index is -0.917. The number of nitrogens with one attached hydrogen (secondary N) is 1. The number of halogens is 1. The highest BCUT2D eigenvalue weighted by Crippen LogP contribution is 2.49. The van der Waals surface area contributed by atoms with Gasteiger partial charge in [-0.25, -0.2) is 0 Å². The second-order valence-electron chi connectivity index (χ2n) is 12.0. The van der Waals surface area contributed by atoms with E-state index in [9.17, 15) is 14.7 Å². The van der Waals surface area contributed by atoms with Crippen molar-refractivity contribution < 1.29 is 28.9 Å². The molecule has 0 saturated carbocycles. The molecular formula is C35H41ClN2O6. The minimum absolute atomic E-state index is 0.0229. The number of hydrogen-bond donors (Lipinski definition) is 2. The van der Waals surface area contributed by atoms with Crippen molar-refractivity contribution in [3.63, 3.8) is 0 Å². The molecule has 8 nitrogen and oxygen atoms in total. The summed E-state index contributed by atoms with van der Waals surface area (Å²) < 4.78 is 17.1. The highest BCUT2D eigenvalue weighted by Gasteiger charge is 2.48. The fraction of sp³-hybridized carbons (Fsp3) is 0.429. The van der Waals surface area contributed by atoms with Crippen LogP contribution in [0.1, 0.15) is 67.5 Å². The molecule has 9 heteroatoms. The number of aliphatic carboxylic acids is 1. The number of ether oxygens (including phenoxy) is 3. The average Bonchev–Trinajstić information content (AvgIpc) is 3.60. The Bertz CT molecular complexity index is 1500. The van der Waals surface area contributed by atoms with E-state index in [2.05, 4.69) is 19.2 Å². The molecule has 2 heterocycles. The number of carbonyl (C=O) groups excluding carboxylic acids is 1. The first-order chi connectivity index (χ1) is 21.1. The molecule has 3 aromatic carbocycles. The van der Waals surface area contributed by atoms with Crippen LogP contribution in [0.4, 0.5) is 5.69 Å². The number of likely N-dealkylation sites (tertiary alicyclic amines) is 1. The van der Waals surface area contributed by atoms with Gasteiger partial charge in [-0.2, -0.15) is 0 Å². The first-order valence-electron chi connectivity index (χ1n) is 15.3. The molecule has 234 valence electrons. The Kier molecular flexibility index (Phi) is 9.71. The predicted octanol–water partition coefficient (Wildman–Crippen LogP) is 7.02. The zero-order valence-electron chi connectivity index (χ0n) is 26.0. The van der Waals surface area contributed by atoms with Crippen molar-refractivity contribution in [1.29, 1.82) is 0 Å². The largest absolute Gasteiger partial charge is 0.493 e. The number of aryl methyl sites for hydroxylation is 3. The Labute approximate surface area is 264 Å². The molecular weight excluding hydrogens is 580 g/mol. The number of benzene rings is 3. The Morgan fingerprint density at radius 2 is 1.68 bits per heavy atom. The highest BCUT2D eigenvalue weighted by molar-refractivity contribution is 6.30. The van der Waals surface area contributed by atoms with Gasteiger partial charge in [0.05, 0.1) is 19.1 Å². The third kappa shape index (κ3) is 6.66. The zero-order chi connectivity index (χ0) is 31.5. The van der Waals surface area contributed by atoms with Crippen molar-refractivity contribution in [3.8, 4) is 17.2 Å². The van der Waals surface area contributed by atoms with E-state index in [1.165, 1.54) is 0 Å². The normalized spacial score (nSPS) is 19.4. The Hall–Kier alpha value is -3.75. The number of hydrogen-bond acceptors (Lipinski definition) is 6. The molecule has 3 atom stereocenters. The molecule has 0 bridgehead atoms. The van der Waals surface area contributed by atoms with E-state index >= 15 is 0 Å². The second-order valence-corrected chi connectivity index (χ2v) is 12.5. The maximum Gasteiger partial charge on any atom is 0.309 e. The molecule has 2 aliphatic rings. The van der Waals surface area contributed by atoms with Crippen molar-refractivity contribution in [1.82, 2.24) is 4.90 Å². The molecule has 0 radical (unpaired) electrons. The van der Waals surface area contributed by atoms with Crippen LogP contribution in [0.3, 0.4) is 0 Å². The molecule has 5 rings (SSSR count). The number of amides is 1. The highest BCUT2D eigenvalue weighted by atomic mass is 35.5. The molecule has 1 amide bonds. The maximum atomic E-state index is 13.7. The molecule has 0 aliphatic carbocycles. The lowest BCUT2D eigenvalue weighted by Crippen LogP contribution is -2.35. The second kappa shape index (κ2) is 13.5. The molecule has 0 spiro atoms. The van der Waals surface area contributed by atoms with Crippen molar-refractivity contribution >= 4 is 29.2 Å². The molecule has 3 aromatic rings. The molecule has 1 saturated heterocycles. The smallest absolute Gasteiger partial charge is 0.309 e. The molecule has 2 N–H and O–H groups in total. The van der Waals surface area contributed by atoms with Gasteiger partial charge in [0.15, 0.2) is 11.5 Å². The van der Waals surface area contributed by atoms with E-state index in [0.29, 0.717) is 48.4 Å². The number of carboxylic acid groups (broad SMARTS) is 1. The summed E-state index contributed by atoms with van der Waals surface area (Å²) in [7, 11) is 0. The van der Waals surface area contributed by atoms with Gasteiger partial charge in [0.2, 0.25) is 12.7 Å². The average molecular weight is 621 g/mol. The van der Waals surface area contributed by atoms with E-state index in [1.807, 2.05) is 74.2 Å². The number of anilines is 1. The molecule has 0 aromatic heterocycles.